The molecule has 0 saturated carbocycles. The largest absolute Gasteiger partial charge is 0.374 e. The number of nitrogens with zero attached hydrogens (tertiary/aromatic N) is 2. The van der Waals surface area contributed by atoms with E-state index in [-0.39, 0.29) is 17.6 Å². The van der Waals surface area contributed by atoms with Crippen LogP contribution in [0.4, 0.5) is 0 Å². The van der Waals surface area contributed by atoms with E-state index in [1.54, 1.807) is 6.20 Å². The monoisotopic (exact) mass is 357 g/mol. The summed E-state index contributed by atoms with van der Waals surface area (Å²) in [6.07, 6.45) is 6.38. The van der Waals surface area contributed by atoms with Gasteiger partial charge in [0.15, 0.2) is 0 Å². The Bertz CT molecular complexity index is 725. The van der Waals surface area contributed by atoms with Crippen molar-refractivity contribution in [3.05, 3.63) is 53.9 Å². The molecule has 25 heavy (non-hydrogen) atoms. The second-order valence-electron chi connectivity index (χ2n) is 6.91. The number of amides is 1. The van der Waals surface area contributed by atoms with Crippen LogP contribution in [0.25, 0.3) is 0 Å². The number of thioether (sulfide) groups is 1. The molecule has 0 aliphatic carbocycles. The highest BCUT2D eigenvalue weighted by atomic mass is 32.2. The minimum absolute atomic E-state index is 0.0155. The molecule has 2 aliphatic rings. The molecular weight excluding hydrogens is 334 g/mol. The summed E-state index contributed by atoms with van der Waals surface area (Å²) in [5.41, 5.74) is 1.78. The van der Waals surface area contributed by atoms with Crippen LogP contribution in [0.15, 0.2) is 42.7 Å². The van der Waals surface area contributed by atoms with Crippen molar-refractivity contribution >= 4 is 17.7 Å². The summed E-state index contributed by atoms with van der Waals surface area (Å²) in [6, 6.07) is 10.3. The molecule has 1 amide bonds. The molecular formula is C19H23N3O2S. The van der Waals surface area contributed by atoms with E-state index in [0.717, 1.165) is 37.4 Å². The van der Waals surface area contributed by atoms with Gasteiger partial charge < -0.3 is 10.1 Å². The Hall–Kier alpha value is -1.79. The number of benzene rings is 1. The molecule has 0 unspecified atom stereocenters. The van der Waals surface area contributed by atoms with Crippen LogP contribution in [-0.2, 0) is 11.3 Å². The molecule has 2 saturated heterocycles. The van der Waals surface area contributed by atoms with E-state index >= 15 is 0 Å². The summed E-state index contributed by atoms with van der Waals surface area (Å²) >= 11 is 1.95. The van der Waals surface area contributed by atoms with Crippen molar-refractivity contribution in [3.8, 4) is 0 Å². The van der Waals surface area contributed by atoms with Gasteiger partial charge in [0.05, 0.1) is 23.9 Å². The van der Waals surface area contributed by atoms with Gasteiger partial charge in [-0.2, -0.15) is 16.9 Å². The molecule has 4 rings (SSSR count). The third-order valence-electron chi connectivity index (χ3n) is 4.98. The Kier molecular flexibility index (Phi) is 4.81. The van der Waals surface area contributed by atoms with Crippen molar-refractivity contribution in [1.29, 1.82) is 0 Å². The fourth-order valence-electron chi connectivity index (χ4n) is 3.62. The van der Waals surface area contributed by atoms with E-state index in [4.69, 9.17) is 4.74 Å². The summed E-state index contributed by atoms with van der Waals surface area (Å²) < 4.78 is 7.83. The molecule has 2 aromatic rings. The normalized spacial score (nSPS) is 26.0. The molecule has 1 aromatic heterocycles. The van der Waals surface area contributed by atoms with Crippen molar-refractivity contribution in [2.75, 3.05) is 18.1 Å². The first kappa shape index (κ1) is 16.7. The maximum Gasteiger partial charge on any atom is 0.254 e. The van der Waals surface area contributed by atoms with Crippen LogP contribution in [-0.4, -0.2) is 45.4 Å². The van der Waals surface area contributed by atoms with Gasteiger partial charge in [-0.25, -0.2) is 0 Å². The summed E-state index contributed by atoms with van der Waals surface area (Å²) in [5.74, 6) is 2.17. The first-order chi connectivity index (χ1) is 12.2. The lowest BCUT2D eigenvalue weighted by Crippen LogP contribution is -2.48. The highest BCUT2D eigenvalue weighted by Gasteiger charge is 2.40. The van der Waals surface area contributed by atoms with Crippen LogP contribution < -0.4 is 5.32 Å². The quantitative estimate of drug-likeness (QED) is 0.914. The lowest BCUT2D eigenvalue weighted by molar-refractivity contribution is -0.0688. The third-order valence-corrected chi connectivity index (χ3v) is 6.20. The highest BCUT2D eigenvalue weighted by molar-refractivity contribution is 7.99. The van der Waals surface area contributed by atoms with Crippen LogP contribution in [0, 0.1) is 0 Å². The van der Waals surface area contributed by atoms with Crippen molar-refractivity contribution in [1.82, 2.24) is 15.1 Å². The first-order valence-corrected chi connectivity index (χ1v) is 9.97. The van der Waals surface area contributed by atoms with Crippen LogP contribution >= 0.6 is 11.8 Å². The maximum atomic E-state index is 12.6. The van der Waals surface area contributed by atoms with Gasteiger partial charge in [-0.05, 0) is 30.6 Å². The van der Waals surface area contributed by atoms with Crippen LogP contribution in [0.2, 0.25) is 0 Å². The van der Waals surface area contributed by atoms with E-state index in [1.807, 2.05) is 40.8 Å². The highest BCUT2D eigenvalue weighted by Crippen LogP contribution is 2.38. The number of carbonyl (C=O) groups excluding carboxylic acids is 1. The summed E-state index contributed by atoms with van der Waals surface area (Å²) in [6.45, 7) is 1.41. The maximum absolute atomic E-state index is 12.6. The summed E-state index contributed by atoms with van der Waals surface area (Å²) in [7, 11) is 0. The molecule has 0 radical (unpaired) electrons. The number of nitrogens with one attached hydrogen (secondary N) is 1. The fourth-order valence-corrected chi connectivity index (χ4v) is 5.00. The first-order valence-electron chi connectivity index (χ1n) is 8.81. The molecule has 0 bridgehead atoms. The average Bonchev–Trinajstić information content (AvgIpc) is 3.26. The molecule has 3 heterocycles. The molecule has 6 heteroatoms. The van der Waals surface area contributed by atoms with E-state index in [9.17, 15) is 4.79 Å². The minimum Gasteiger partial charge on any atom is -0.374 e. The fraction of sp³-hybridized carbons (Fsp3) is 0.474. The lowest BCUT2D eigenvalue weighted by atomic mass is 9.90. The van der Waals surface area contributed by atoms with Crippen molar-refractivity contribution in [3.63, 3.8) is 0 Å². The van der Waals surface area contributed by atoms with Crippen LogP contribution in [0.3, 0.4) is 0 Å². The van der Waals surface area contributed by atoms with E-state index in [0.29, 0.717) is 12.1 Å². The number of aromatic nitrogens is 2. The molecule has 2 fully saturated rings. The van der Waals surface area contributed by atoms with Crippen LogP contribution in [0.1, 0.15) is 35.2 Å². The Morgan fingerprint density at radius 2 is 2.28 bits per heavy atom. The zero-order valence-electron chi connectivity index (χ0n) is 14.2. The average molecular weight is 357 g/mol. The van der Waals surface area contributed by atoms with Crippen LogP contribution in [0.5, 0.6) is 0 Å². The van der Waals surface area contributed by atoms with Crippen molar-refractivity contribution < 1.29 is 9.53 Å². The van der Waals surface area contributed by atoms with Gasteiger partial charge in [0.2, 0.25) is 0 Å². The zero-order valence-corrected chi connectivity index (χ0v) is 15.0. The third kappa shape index (κ3) is 3.90. The van der Waals surface area contributed by atoms with Crippen molar-refractivity contribution in [2.24, 2.45) is 0 Å². The predicted octanol–water partition coefficient (Wildman–Crippen LogP) is 2.72. The van der Waals surface area contributed by atoms with Gasteiger partial charge >= 0.3 is 0 Å². The van der Waals surface area contributed by atoms with Crippen molar-refractivity contribution in [2.45, 2.75) is 37.5 Å². The Labute approximate surface area is 152 Å². The summed E-state index contributed by atoms with van der Waals surface area (Å²) in [4.78, 5) is 12.6. The van der Waals surface area contributed by atoms with Gasteiger partial charge in [0.1, 0.15) is 0 Å². The molecule has 1 spiro atoms. The molecule has 5 nitrogen and oxygen atoms in total. The van der Waals surface area contributed by atoms with Gasteiger partial charge in [-0.1, -0.05) is 30.3 Å². The summed E-state index contributed by atoms with van der Waals surface area (Å²) in [5, 5.41) is 7.51. The van der Waals surface area contributed by atoms with E-state index < -0.39 is 0 Å². The van der Waals surface area contributed by atoms with E-state index in [2.05, 4.69) is 22.5 Å². The number of hydrogen-bond acceptors (Lipinski definition) is 4. The Balaban J connectivity index is 1.36. The van der Waals surface area contributed by atoms with Gasteiger partial charge in [0, 0.05) is 24.6 Å². The molecule has 132 valence electrons. The topological polar surface area (TPSA) is 56.1 Å². The number of rotatable bonds is 4. The molecule has 2 atom stereocenters. The van der Waals surface area contributed by atoms with Gasteiger partial charge in [0.25, 0.3) is 5.91 Å². The Morgan fingerprint density at radius 1 is 1.40 bits per heavy atom. The van der Waals surface area contributed by atoms with Gasteiger partial charge in [-0.3, -0.25) is 9.48 Å². The zero-order chi connectivity index (χ0) is 17.1. The van der Waals surface area contributed by atoms with Gasteiger partial charge in [-0.15, -0.1) is 0 Å². The molecule has 1 N–H and O–H groups in total. The number of ether oxygens (including phenoxy) is 1. The second kappa shape index (κ2) is 7.22. The second-order valence-corrected chi connectivity index (χ2v) is 8.01. The Morgan fingerprint density at radius 3 is 3.08 bits per heavy atom. The smallest absolute Gasteiger partial charge is 0.254 e. The lowest BCUT2D eigenvalue weighted by Gasteiger charge is -2.37. The molecule has 2 aliphatic heterocycles. The minimum atomic E-state index is -0.0352. The SMILES string of the molecule is O=C(N[C@H]1CCO[C@@]2(CCSC2)C1)c1cnn(Cc2ccccc2)c1. The number of hydrogen-bond donors (Lipinski definition) is 1. The number of carbonyl (C=O) groups is 1. The standard InChI is InChI=1S/C19H23N3O2S/c23-18(21-17-6-8-24-19(10-17)7-9-25-14-19)16-11-20-22(13-16)12-15-4-2-1-3-5-15/h1-5,11,13,17H,6-10,12,14H2,(H,21,23)/t17-,19-/m0/s1. The predicted molar refractivity (Wildman–Crippen MR) is 98.9 cm³/mol. The van der Waals surface area contributed by atoms with E-state index in [1.165, 1.54) is 5.56 Å². The molecule has 1 aromatic carbocycles.